The Bertz CT molecular complexity index is 1200. The Kier molecular flexibility index (Phi) is 6.98. The number of hydrogen-bond acceptors (Lipinski definition) is 4. The molecule has 1 aliphatic rings. The summed E-state index contributed by atoms with van der Waals surface area (Å²) >= 11 is 5.95. The molecule has 1 aliphatic heterocycles. The van der Waals surface area contributed by atoms with Gasteiger partial charge in [0.1, 0.15) is 25.5 Å². The fraction of sp³-hybridized carbons (Fsp3) is 0.296. The first kappa shape index (κ1) is 24.5. The molecule has 4 rings (SSSR count). The Hall–Kier alpha value is -3.58. The summed E-state index contributed by atoms with van der Waals surface area (Å²) < 4.78 is 5.43. The van der Waals surface area contributed by atoms with Crippen LogP contribution < -0.4 is 4.90 Å². The van der Waals surface area contributed by atoms with E-state index < -0.39 is 0 Å². The summed E-state index contributed by atoms with van der Waals surface area (Å²) in [5.41, 5.74) is 2.22. The van der Waals surface area contributed by atoms with Crippen molar-refractivity contribution in [3.8, 4) is 0 Å². The average molecular weight is 494 g/mol. The maximum atomic E-state index is 13.4. The SMILES string of the molecule is CC(C)(C)c1ccc(C(=O)N(CC(=O)N2CC(=O)N(c3ccc(Cl)cc3)C2)Cc2ccco2)cc1. The van der Waals surface area contributed by atoms with Gasteiger partial charge in [-0.25, -0.2) is 0 Å². The average Bonchev–Trinajstić information content (AvgIpc) is 3.48. The van der Waals surface area contributed by atoms with Crippen LogP contribution in [0.25, 0.3) is 0 Å². The molecule has 3 amide bonds. The lowest BCUT2D eigenvalue weighted by Gasteiger charge is -2.25. The molecule has 0 unspecified atom stereocenters. The Balaban J connectivity index is 1.50. The molecular weight excluding hydrogens is 466 g/mol. The third kappa shape index (κ3) is 5.74. The maximum absolute atomic E-state index is 13.4. The van der Waals surface area contributed by atoms with Crippen LogP contribution in [0.1, 0.15) is 42.5 Å². The van der Waals surface area contributed by atoms with Gasteiger partial charge in [-0.15, -0.1) is 0 Å². The highest BCUT2D eigenvalue weighted by molar-refractivity contribution is 6.30. The minimum absolute atomic E-state index is 0.0380. The van der Waals surface area contributed by atoms with Crippen molar-refractivity contribution < 1.29 is 18.8 Å². The summed E-state index contributed by atoms with van der Waals surface area (Å²) in [7, 11) is 0. The standard InChI is InChI=1S/C27H28ClN3O4/c1-27(2,3)20-8-6-19(7-9-20)26(34)29(15-23-5-4-14-35-23)16-24(32)30-17-25(33)31(18-30)22-12-10-21(28)11-13-22/h4-14H,15-18H2,1-3H3. The highest BCUT2D eigenvalue weighted by Crippen LogP contribution is 2.24. The molecule has 2 heterocycles. The van der Waals surface area contributed by atoms with Gasteiger partial charge in [0, 0.05) is 16.3 Å². The second-order valence-corrected chi connectivity index (χ2v) is 10.0. The van der Waals surface area contributed by atoms with Crippen molar-refractivity contribution >= 4 is 35.0 Å². The van der Waals surface area contributed by atoms with E-state index in [0.29, 0.717) is 22.0 Å². The molecule has 7 nitrogen and oxygen atoms in total. The van der Waals surface area contributed by atoms with Gasteiger partial charge in [0.25, 0.3) is 5.91 Å². The van der Waals surface area contributed by atoms with Crippen LogP contribution in [0.15, 0.2) is 71.3 Å². The number of carbonyl (C=O) groups is 3. The van der Waals surface area contributed by atoms with Crippen LogP contribution in [0, 0.1) is 0 Å². The molecule has 0 bridgehead atoms. The molecule has 0 aliphatic carbocycles. The van der Waals surface area contributed by atoms with Gasteiger partial charge in [0.05, 0.1) is 12.8 Å². The van der Waals surface area contributed by atoms with Gasteiger partial charge in [-0.2, -0.15) is 0 Å². The zero-order valence-corrected chi connectivity index (χ0v) is 20.8. The molecule has 8 heteroatoms. The molecule has 0 spiro atoms. The molecule has 35 heavy (non-hydrogen) atoms. The quantitative estimate of drug-likeness (QED) is 0.498. The summed E-state index contributed by atoms with van der Waals surface area (Å²) in [5, 5.41) is 0.566. The highest BCUT2D eigenvalue weighted by Gasteiger charge is 2.33. The zero-order chi connectivity index (χ0) is 25.2. The van der Waals surface area contributed by atoms with Gasteiger partial charge in [-0.3, -0.25) is 19.3 Å². The third-order valence-electron chi connectivity index (χ3n) is 5.97. The number of rotatable bonds is 6. The lowest BCUT2D eigenvalue weighted by molar-refractivity contribution is -0.132. The van der Waals surface area contributed by atoms with Gasteiger partial charge in [0.2, 0.25) is 11.8 Å². The Morgan fingerprint density at radius 1 is 1.03 bits per heavy atom. The summed E-state index contributed by atoms with van der Waals surface area (Å²) in [6.45, 7) is 6.35. The third-order valence-corrected chi connectivity index (χ3v) is 6.22. The predicted octanol–water partition coefficient (Wildman–Crippen LogP) is 4.71. The second-order valence-electron chi connectivity index (χ2n) is 9.60. The van der Waals surface area contributed by atoms with E-state index in [9.17, 15) is 14.4 Å². The number of carbonyl (C=O) groups excluding carboxylic acids is 3. The van der Waals surface area contributed by atoms with Gasteiger partial charge in [-0.1, -0.05) is 44.5 Å². The van der Waals surface area contributed by atoms with E-state index in [4.69, 9.17) is 16.0 Å². The first-order valence-corrected chi connectivity index (χ1v) is 11.8. The molecule has 1 aromatic heterocycles. The molecule has 0 atom stereocenters. The van der Waals surface area contributed by atoms with E-state index in [1.807, 2.05) is 12.1 Å². The van der Waals surface area contributed by atoms with Gasteiger partial charge in [-0.05, 0) is 59.5 Å². The van der Waals surface area contributed by atoms with Crippen LogP contribution in [0.5, 0.6) is 0 Å². The van der Waals surface area contributed by atoms with E-state index in [2.05, 4.69) is 20.8 Å². The Labute approximate surface area is 209 Å². The first-order valence-electron chi connectivity index (χ1n) is 11.4. The van der Waals surface area contributed by atoms with Crippen molar-refractivity contribution in [1.29, 1.82) is 0 Å². The van der Waals surface area contributed by atoms with Crippen LogP contribution in [0.4, 0.5) is 5.69 Å². The van der Waals surface area contributed by atoms with Crippen molar-refractivity contribution in [2.75, 3.05) is 24.7 Å². The number of amides is 3. The minimum atomic E-state index is -0.318. The van der Waals surface area contributed by atoms with Gasteiger partial charge in [0.15, 0.2) is 0 Å². The summed E-state index contributed by atoms with van der Waals surface area (Å²) in [6.07, 6.45) is 1.53. The number of furan rings is 1. The van der Waals surface area contributed by atoms with Crippen molar-refractivity contribution in [1.82, 2.24) is 9.80 Å². The van der Waals surface area contributed by atoms with E-state index in [-0.39, 0.29) is 49.4 Å². The fourth-order valence-electron chi connectivity index (χ4n) is 3.91. The van der Waals surface area contributed by atoms with E-state index in [0.717, 1.165) is 5.56 Å². The maximum Gasteiger partial charge on any atom is 0.254 e. The van der Waals surface area contributed by atoms with Crippen molar-refractivity contribution in [3.05, 3.63) is 88.8 Å². The smallest absolute Gasteiger partial charge is 0.254 e. The number of anilines is 1. The number of benzene rings is 2. The minimum Gasteiger partial charge on any atom is -0.467 e. The second kappa shape index (κ2) is 9.96. The molecule has 0 radical (unpaired) electrons. The summed E-state index contributed by atoms with van der Waals surface area (Å²) in [6, 6.07) is 17.8. The van der Waals surface area contributed by atoms with Gasteiger partial charge >= 0.3 is 0 Å². The summed E-state index contributed by atoms with van der Waals surface area (Å²) in [5.74, 6) is -0.226. The number of hydrogen-bond donors (Lipinski definition) is 0. The zero-order valence-electron chi connectivity index (χ0n) is 20.0. The molecule has 1 fully saturated rings. The van der Waals surface area contributed by atoms with E-state index >= 15 is 0 Å². The number of halogens is 1. The molecule has 0 saturated carbocycles. The van der Waals surface area contributed by atoms with Crippen LogP contribution in [0.2, 0.25) is 5.02 Å². The largest absolute Gasteiger partial charge is 0.467 e. The van der Waals surface area contributed by atoms with Crippen LogP contribution in [-0.2, 0) is 21.5 Å². The summed E-state index contributed by atoms with van der Waals surface area (Å²) in [4.78, 5) is 43.6. The molecule has 1 saturated heterocycles. The normalized spacial score (nSPS) is 13.9. The van der Waals surface area contributed by atoms with Crippen LogP contribution in [0.3, 0.4) is 0 Å². The Morgan fingerprint density at radius 2 is 1.71 bits per heavy atom. The fourth-order valence-corrected chi connectivity index (χ4v) is 4.04. The topological polar surface area (TPSA) is 74.1 Å². The highest BCUT2D eigenvalue weighted by atomic mass is 35.5. The Morgan fingerprint density at radius 3 is 2.31 bits per heavy atom. The van der Waals surface area contributed by atoms with Crippen molar-refractivity contribution in [2.45, 2.75) is 32.7 Å². The molecule has 3 aromatic rings. The van der Waals surface area contributed by atoms with Crippen LogP contribution >= 0.6 is 11.6 Å². The lowest BCUT2D eigenvalue weighted by atomic mass is 9.86. The van der Waals surface area contributed by atoms with Crippen molar-refractivity contribution in [3.63, 3.8) is 0 Å². The molecular formula is C27H28ClN3O4. The van der Waals surface area contributed by atoms with Gasteiger partial charge < -0.3 is 14.2 Å². The molecule has 182 valence electrons. The van der Waals surface area contributed by atoms with Crippen LogP contribution in [-0.4, -0.2) is 47.3 Å². The predicted molar refractivity (Wildman–Crippen MR) is 134 cm³/mol. The molecule has 2 aromatic carbocycles. The van der Waals surface area contributed by atoms with Crippen molar-refractivity contribution in [2.24, 2.45) is 0 Å². The van der Waals surface area contributed by atoms with E-state index in [1.165, 1.54) is 21.0 Å². The lowest BCUT2D eigenvalue weighted by Crippen LogP contribution is -2.42. The monoisotopic (exact) mass is 493 g/mol. The first-order chi connectivity index (χ1) is 16.6. The van der Waals surface area contributed by atoms with E-state index in [1.54, 1.807) is 48.5 Å². The number of nitrogens with zero attached hydrogens (tertiary/aromatic N) is 3. The molecule has 0 N–H and O–H groups in total.